The van der Waals surface area contributed by atoms with Crippen LogP contribution in [-0.2, 0) is 4.79 Å². The Morgan fingerprint density at radius 1 is 1.27 bits per heavy atom. The number of allylic oxidation sites excluding steroid dienone is 1. The van der Waals surface area contributed by atoms with E-state index in [1.165, 1.54) is 4.68 Å². The molecule has 1 aliphatic heterocycles. The molecule has 0 saturated carbocycles. The molecule has 9 nitrogen and oxygen atoms in total. The third-order valence-electron chi connectivity index (χ3n) is 4.09. The Bertz CT molecular complexity index is 980. The number of hydrogen-bond acceptors (Lipinski definition) is 7. The minimum atomic E-state index is -0.529. The Hall–Kier alpha value is -3.75. The molecule has 1 aromatic carbocycles. The van der Waals surface area contributed by atoms with E-state index in [4.69, 9.17) is 0 Å². The average molecular weight is 349 g/mol. The van der Waals surface area contributed by atoms with Crippen molar-refractivity contribution in [2.75, 3.05) is 10.6 Å². The first kappa shape index (κ1) is 15.8. The summed E-state index contributed by atoms with van der Waals surface area (Å²) in [5.74, 6) is 0.294. The largest absolute Gasteiger partial charge is 0.508 e. The number of tetrazole rings is 1. The number of pyridine rings is 1. The number of hydrogen-bond donors (Lipinski definition) is 3. The van der Waals surface area contributed by atoms with Crippen LogP contribution in [-0.4, -0.2) is 36.2 Å². The lowest BCUT2D eigenvalue weighted by molar-refractivity contribution is -0.113. The number of phenols is 1. The maximum Gasteiger partial charge on any atom is 0.255 e. The van der Waals surface area contributed by atoms with E-state index in [9.17, 15) is 9.90 Å². The molecule has 0 saturated heterocycles. The van der Waals surface area contributed by atoms with Gasteiger partial charge in [-0.1, -0.05) is 17.2 Å². The molecule has 0 bridgehead atoms. The van der Waals surface area contributed by atoms with Crippen LogP contribution in [0.25, 0.3) is 0 Å². The minimum absolute atomic E-state index is 0.140. The molecular formula is C17H15N7O2. The highest BCUT2D eigenvalue weighted by molar-refractivity contribution is 6.05. The fourth-order valence-corrected chi connectivity index (χ4v) is 2.91. The summed E-state index contributed by atoms with van der Waals surface area (Å²) >= 11 is 0. The maximum absolute atomic E-state index is 13.0. The normalized spacial score (nSPS) is 16.0. The Labute approximate surface area is 148 Å². The van der Waals surface area contributed by atoms with Crippen LogP contribution in [0.2, 0.25) is 0 Å². The van der Waals surface area contributed by atoms with Crippen molar-refractivity contribution >= 4 is 17.5 Å². The summed E-state index contributed by atoms with van der Waals surface area (Å²) in [5, 5.41) is 27.1. The smallest absolute Gasteiger partial charge is 0.255 e. The number of anilines is 2. The Kier molecular flexibility index (Phi) is 3.81. The molecule has 26 heavy (non-hydrogen) atoms. The highest BCUT2D eigenvalue weighted by Crippen LogP contribution is 2.35. The highest BCUT2D eigenvalue weighted by Gasteiger charge is 2.34. The molecule has 0 radical (unpaired) electrons. The van der Waals surface area contributed by atoms with Crippen LogP contribution < -0.4 is 10.6 Å². The molecule has 130 valence electrons. The molecular weight excluding hydrogens is 334 g/mol. The van der Waals surface area contributed by atoms with Gasteiger partial charge in [0.25, 0.3) is 5.91 Å². The van der Waals surface area contributed by atoms with Crippen molar-refractivity contribution in [3.05, 3.63) is 65.6 Å². The molecule has 9 heteroatoms. The van der Waals surface area contributed by atoms with Gasteiger partial charge in [0.15, 0.2) is 0 Å². The number of rotatable bonds is 3. The molecule has 0 aliphatic carbocycles. The first-order valence-electron chi connectivity index (χ1n) is 7.89. The third kappa shape index (κ3) is 2.75. The van der Waals surface area contributed by atoms with Crippen LogP contribution in [0.3, 0.4) is 0 Å². The van der Waals surface area contributed by atoms with E-state index in [1.807, 2.05) is 0 Å². The molecule has 0 unspecified atom stereocenters. The van der Waals surface area contributed by atoms with E-state index in [0.29, 0.717) is 22.9 Å². The lowest BCUT2D eigenvalue weighted by Gasteiger charge is -2.27. The van der Waals surface area contributed by atoms with Crippen molar-refractivity contribution < 1.29 is 9.90 Å². The standard InChI is InChI=1S/C17H15N7O2/c1-10-14(16(26)20-12-3-2-8-18-9-12)15(11-4-6-13(25)7-5-11)24-17(19-10)21-22-23-24/h2-9,15,25H,1H3,(H,20,26)(H,19,21,23)/t15-/m1/s1. The van der Waals surface area contributed by atoms with E-state index < -0.39 is 6.04 Å². The van der Waals surface area contributed by atoms with Gasteiger partial charge in [-0.3, -0.25) is 9.78 Å². The number of aromatic hydroxyl groups is 1. The summed E-state index contributed by atoms with van der Waals surface area (Å²) in [6.07, 6.45) is 3.21. The van der Waals surface area contributed by atoms with Gasteiger partial charge in [-0.25, -0.2) is 0 Å². The molecule has 3 N–H and O–H groups in total. The second-order valence-corrected chi connectivity index (χ2v) is 5.80. The number of nitrogens with one attached hydrogen (secondary N) is 2. The molecule has 1 aliphatic rings. The van der Waals surface area contributed by atoms with Gasteiger partial charge >= 0.3 is 0 Å². The number of phenolic OH excluding ortho intramolecular Hbond substituents is 1. The van der Waals surface area contributed by atoms with Crippen molar-refractivity contribution in [1.82, 2.24) is 25.2 Å². The second kappa shape index (κ2) is 6.28. The number of benzene rings is 1. The Balaban J connectivity index is 1.77. The van der Waals surface area contributed by atoms with E-state index in [2.05, 4.69) is 31.1 Å². The average Bonchev–Trinajstić information content (AvgIpc) is 3.10. The number of fused-ring (bicyclic) bond motifs is 1. The van der Waals surface area contributed by atoms with Crippen molar-refractivity contribution in [2.45, 2.75) is 13.0 Å². The van der Waals surface area contributed by atoms with Crippen molar-refractivity contribution in [3.8, 4) is 5.75 Å². The maximum atomic E-state index is 13.0. The van der Waals surface area contributed by atoms with Crippen LogP contribution in [0.5, 0.6) is 5.75 Å². The van der Waals surface area contributed by atoms with Crippen molar-refractivity contribution in [1.29, 1.82) is 0 Å². The van der Waals surface area contributed by atoms with E-state index in [-0.39, 0.29) is 11.7 Å². The van der Waals surface area contributed by atoms with Gasteiger partial charge in [-0.05, 0) is 47.2 Å². The number of nitrogens with zero attached hydrogens (tertiary/aromatic N) is 5. The summed E-state index contributed by atoms with van der Waals surface area (Å²) in [4.78, 5) is 17.0. The van der Waals surface area contributed by atoms with Crippen molar-refractivity contribution in [2.24, 2.45) is 0 Å². The zero-order chi connectivity index (χ0) is 18.1. The van der Waals surface area contributed by atoms with Crippen LogP contribution in [0, 0.1) is 0 Å². The van der Waals surface area contributed by atoms with Crippen LogP contribution in [0.1, 0.15) is 18.5 Å². The topological polar surface area (TPSA) is 118 Å². The van der Waals surface area contributed by atoms with E-state index in [0.717, 1.165) is 5.56 Å². The summed E-state index contributed by atoms with van der Waals surface area (Å²) in [7, 11) is 0. The summed E-state index contributed by atoms with van der Waals surface area (Å²) in [5.41, 5.74) is 2.48. The van der Waals surface area contributed by atoms with Crippen LogP contribution >= 0.6 is 0 Å². The first-order chi connectivity index (χ1) is 12.6. The minimum Gasteiger partial charge on any atom is -0.508 e. The summed E-state index contributed by atoms with van der Waals surface area (Å²) in [6.45, 7) is 1.80. The van der Waals surface area contributed by atoms with Gasteiger partial charge < -0.3 is 15.7 Å². The lowest BCUT2D eigenvalue weighted by atomic mass is 9.95. The molecule has 0 fully saturated rings. The van der Waals surface area contributed by atoms with Gasteiger partial charge in [0.2, 0.25) is 5.95 Å². The zero-order valence-corrected chi connectivity index (χ0v) is 13.8. The SMILES string of the molecule is CC1=C(C(=O)Nc2cccnc2)[C@@H](c2ccc(O)cc2)n2nnnc2N1. The summed E-state index contributed by atoms with van der Waals surface area (Å²) < 4.78 is 1.54. The monoisotopic (exact) mass is 349 g/mol. The summed E-state index contributed by atoms with van der Waals surface area (Å²) in [6, 6.07) is 9.57. The highest BCUT2D eigenvalue weighted by atomic mass is 16.3. The lowest BCUT2D eigenvalue weighted by Crippen LogP contribution is -2.31. The van der Waals surface area contributed by atoms with E-state index >= 15 is 0 Å². The molecule has 2 aromatic heterocycles. The predicted molar refractivity (Wildman–Crippen MR) is 93.3 cm³/mol. The van der Waals surface area contributed by atoms with Gasteiger partial charge in [-0.2, -0.15) is 4.68 Å². The van der Waals surface area contributed by atoms with Crippen LogP contribution in [0.4, 0.5) is 11.6 Å². The number of aromatic nitrogens is 5. The quantitative estimate of drug-likeness (QED) is 0.658. The first-order valence-corrected chi connectivity index (χ1v) is 7.89. The van der Waals surface area contributed by atoms with Gasteiger partial charge in [0.1, 0.15) is 11.8 Å². The van der Waals surface area contributed by atoms with E-state index in [1.54, 1.807) is 55.7 Å². The predicted octanol–water partition coefficient (Wildman–Crippen LogP) is 1.70. The third-order valence-corrected chi connectivity index (χ3v) is 4.09. The van der Waals surface area contributed by atoms with Gasteiger partial charge in [0, 0.05) is 11.9 Å². The second-order valence-electron chi connectivity index (χ2n) is 5.80. The van der Waals surface area contributed by atoms with Crippen molar-refractivity contribution in [3.63, 3.8) is 0 Å². The molecule has 3 aromatic rings. The molecule has 0 spiro atoms. The Morgan fingerprint density at radius 2 is 2.08 bits per heavy atom. The number of carbonyl (C=O) groups is 1. The number of amides is 1. The van der Waals surface area contributed by atoms with Gasteiger partial charge in [0.05, 0.1) is 17.5 Å². The fourth-order valence-electron chi connectivity index (χ4n) is 2.91. The van der Waals surface area contributed by atoms with Gasteiger partial charge in [-0.15, -0.1) is 0 Å². The number of carbonyl (C=O) groups excluding carboxylic acids is 1. The zero-order valence-electron chi connectivity index (χ0n) is 13.8. The molecule has 1 amide bonds. The molecule has 1 atom stereocenters. The fraction of sp³-hybridized carbons (Fsp3) is 0.118. The Morgan fingerprint density at radius 3 is 2.81 bits per heavy atom. The molecule has 4 rings (SSSR count). The molecule has 3 heterocycles. The van der Waals surface area contributed by atoms with Crippen LogP contribution in [0.15, 0.2) is 60.1 Å².